The summed E-state index contributed by atoms with van der Waals surface area (Å²) in [6, 6.07) is 9.23. The molecule has 102 valence electrons. The second kappa shape index (κ2) is 5.08. The highest BCUT2D eigenvalue weighted by Gasteiger charge is 2.34. The SMILES string of the molecule is FC(F)(F)c1ccccc1C1=Nc2ncccc2C=I1. The van der Waals surface area contributed by atoms with Crippen molar-refractivity contribution in [3.8, 4) is 0 Å². The second-order valence-corrected chi connectivity index (χ2v) is 6.35. The third-order valence-corrected chi connectivity index (χ3v) is 5.15. The summed E-state index contributed by atoms with van der Waals surface area (Å²) in [7, 11) is 0. The number of pyridine rings is 1. The van der Waals surface area contributed by atoms with Gasteiger partial charge in [-0.3, -0.25) is 0 Å². The lowest BCUT2D eigenvalue weighted by atomic mass is 10.1. The summed E-state index contributed by atoms with van der Waals surface area (Å²) in [6.07, 6.45) is -2.78. The first-order valence-corrected chi connectivity index (χ1v) is 8.05. The van der Waals surface area contributed by atoms with Crippen LogP contribution < -0.4 is 0 Å². The van der Waals surface area contributed by atoms with Crippen molar-refractivity contribution in [3.05, 3.63) is 59.3 Å². The Morgan fingerprint density at radius 1 is 1.00 bits per heavy atom. The van der Waals surface area contributed by atoms with E-state index in [2.05, 4.69) is 9.98 Å². The van der Waals surface area contributed by atoms with Crippen LogP contribution in [-0.4, -0.2) is 12.7 Å². The molecule has 0 saturated carbocycles. The average molecular weight is 388 g/mol. The van der Waals surface area contributed by atoms with Crippen molar-refractivity contribution in [1.82, 2.24) is 4.98 Å². The Kier molecular flexibility index (Phi) is 3.41. The minimum Gasteiger partial charge on any atom is -0.237 e. The van der Waals surface area contributed by atoms with E-state index in [1.165, 1.54) is 12.1 Å². The maximum atomic E-state index is 13.0. The number of alkyl halides is 3. The van der Waals surface area contributed by atoms with Gasteiger partial charge in [0, 0.05) is 17.3 Å². The molecule has 2 heterocycles. The summed E-state index contributed by atoms with van der Waals surface area (Å²) < 4.78 is 41.5. The Labute approximate surface area is 123 Å². The minimum absolute atomic E-state index is 0.167. The fourth-order valence-corrected chi connectivity index (χ4v) is 4.14. The number of rotatable bonds is 1. The van der Waals surface area contributed by atoms with Gasteiger partial charge in [-0.15, -0.1) is 0 Å². The lowest BCUT2D eigenvalue weighted by Gasteiger charge is -2.14. The summed E-state index contributed by atoms with van der Waals surface area (Å²) in [5.74, 6) is 0.491. The van der Waals surface area contributed by atoms with Gasteiger partial charge in [0.15, 0.2) is 5.82 Å². The third-order valence-electron chi connectivity index (χ3n) is 2.75. The Balaban J connectivity index is 2.13. The number of benzene rings is 1. The maximum absolute atomic E-state index is 13.0. The fraction of sp³-hybridized carbons (Fsp3) is 0.0714. The van der Waals surface area contributed by atoms with Crippen LogP contribution in [0.25, 0.3) is 0 Å². The van der Waals surface area contributed by atoms with Crippen molar-refractivity contribution < 1.29 is 13.2 Å². The normalized spacial score (nSPS) is 14.2. The number of nitrogens with zero attached hydrogens (tertiary/aromatic N) is 2. The zero-order chi connectivity index (χ0) is 14.2. The van der Waals surface area contributed by atoms with E-state index < -0.39 is 32.5 Å². The van der Waals surface area contributed by atoms with Crippen LogP contribution in [0.15, 0.2) is 47.6 Å². The molecule has 0 amide bonds. The molecular formula is C14H8F3IN2. The van der Waals surface area contributed by atoms with Crippen LogP contribution in [-0.2, 0) is 6.18 Å². The highest BCUT2D eigenvalue weighted by molar-refractivity contribution is 14.2. The highest BCUT2D eigenvalue weighted by atomic mass is 127. The zero-order valence-electron chi connectivity index (χ0n) is 10.0. The Morgan fingerprint density at radius 3 is 2.60 bits per heavy atom. The van der Waals surface area contributed by atoms with Crippen LogP contribution in [0.5, 0.6) is 0 Å². The molecule has 20 heavy (non-hydrogen) atoms. The molecule has 3 rings (SSSR count). The molecule has 0 radical (unpaired) electrons. The van der Waals surface area contributed by atoms with E-state index in [0.717, 1.165) is 11.6 Å². The van der Waals surface area contributed by atoms with Crippen LogP contribution in [0.3, 0.4) is 0 Å². The van der Waals surface area contributed by atoms with Crippen LogP contribution in [0.2, 0.25) is 0 Å². The van der Waals surface area contributed by atoms with Gasteiger partial charge in [-0.1, -0.05) is 38.9 Å². The molecule has 0 fully saturated rings. The van der Waals surface area contributed by atoms with E-state index >= 15 is 0 Å². The monoisotopic (exact) mass is 388 g/mol. The van der Waals surface area contributed by atoms with Crippen molar-refractivity contribution >= 4 is 34.3 Å². The molecule has 6 heteroatoms. The van der Waals surface area contributed by atoms with E-state index in [9.17, 15) is 13.2 Å². The molecule has 2 aromatic rings. The molecule has 1 aliphatic rings. The van der Waals surface area contributed by atoms with Gasteiger partial charge in [0.2, 0.25) is 0 Å². The van der Waals surface area contributed by atoms with Crippen molar-refractivity contribution in [2.24, 2.45) is 4.99 Å². The van der Waals surface area contributed by atoms with Gasteiger partial charge in [0.1, 0.15) is 3.72 Å². The van der Waals surface area contributed by atoms with Gasteiger partial charge < -0.3 is 0 Å². The van der Waals surface area contributed by atoms with Crippen LogP contribution in [0.4, 0.5) is 19.0 Å². The molecule has 1 aromatic heterocycles. The molecule has 0 unspecified atom stereocenters. The number of hydrogen-bond acceptors (Lipinski definition) is 2. The molecule has 0 aliphatic carbocycles. The minimum atomic E-state index is -4.37. The summed E-state index contributed by atoms with van der Waals surface area (Å²) in [6.45, 7) is 0. The predicted octanol–water partition coefficient (Wildman–Crippen LogP) is 4.31. The Bertz CT molecular complexity index is 720. The van der Waals surface area contributed by atoms with Gasteiger partial charge in [-0.25, -0.2) is 9.98 Å². The summed E-state index contributed by atoms with van der Waals surface area (Å²) in [4.78, 5) is 8.42. The molecule has 0 spiro atoms. The molecule has 1 aromatic carbocycles. The third kappa shape index (κ3) is 2.52. The van der Waals surface area contributed by atoms with E-state index in [1.807, 2.05) is 10.1 Å². The van der Waals surface area contributed by atoms with Gasteiger partial charge in [0.25, 0.3) is 0 Å². The fourth-order valence-electron chi connectivity index (χ4n) is 1.85. The molecule has 2 nitrogen and oxygen atoms in total. The smallest absolute Gasteiger partial charge is 0.237 e. The number of hydrogen-bond donors (Lipinski definition) is 0. The van der Waals surface area contributed by atoms with Gasteiger partial charge in [-0.05, 0) is 22.2 Å². The topological polar surface area (TPSA) is 25.2 Å². The largest absolute Gasteiger partial charge is 0.417 e. The Morgan fingerprint density at radius 2 is 1.80 bits per heavy atom. The van der Waals surface area contributed by atoms with E-state index in [-0.39, 0.29) is 5.56 Å². The van der Waals surface area contributed by atoms with Gasteiger partial charge >= 0.3 is 6.18 Å². The first kappa shape index (κ1) is 13.4. The van der Waals surface area contributed by atoms with Crippen LogP contribution in [0, 0.1) is 0 Å². The average Bonchev–Trinajstić information content (AvgIpc) is 2.46. The highest BCUT2D eigenvalue weighted by Crippen LogP contribution is 2.35. The molecule has 0 N–H and O–H groups in total. The zero-order valence-corrected chi connectivity index (χ0v) is 12.2. The molecule has 0 bridgehead atoms. The van der Waals surface area contributed by atoms with Crippen molar-refractivity contribution in [1.29, 1.82) is 0 Å². The van der Waals surface area contributed by atoms with E-state index in [4.69, 9.17) is 0 Å². The van der Waals surface area contributed by atoms with Crippen LogP contribution in [0.1, 0.15) is 16.7 Å². The van der Waals surface area contributed by atoms with Gasteiger partial charge in [0.05, 0.1) is 5.56 Å². The van der Waals surface area contributed by atoms with E-state index in [1.54, 1.807) is 18.3 Å². The Hall–Kier alpha value is -1.57. The van der Waals surface area contributed by atoms with E-state index in [0.29, 0.717) is 9.54 Å². The molecule has 1 aliphatic heterocycles. The van der Waals surface area contributed by atoms with Crippen LogP contribution >= 0.6 is 20.7 Å². The second-order valence-electron chi connectivity index (χ2n) is 4.08. The summed E-state index contributed by atoms with van der Waals surface area (Å²) in [5, 5.41) is 0. The van der Waals surface area contributed by atoms with Crippen molar-refractivity contribution in [2.75, 3.05) is 0 Å². The quantitative estimate of drug-likeness (QED) is 0.669. The molecule has 0 saturated heterocycles. The number of fused-ring (bicyclic) bond motifs is 1. The summed E-state index contributed by atoms with van der Waals surface area (Å²) in [5.41, 5.74) is 0.431. The van der Waals surface area contributed by atoms with Gasteiger partial charge in [-0.2, -0.15) is 13.2 Å². The standard InChI is InChI=1S/C14H8F3IN2/c15-14(16,17)11-6-2-1-5-10(11)12-18-8-9-4-3-7-19-13(9)20-12/h1-8H. The first-order chi connectivity index (χ1) is 9.55. The maximum Gasteiger partial charge on any atom is 0.417 e. The van der Waals surface area contributed by atoms with Crippen molar-refractivity contribution in [3.63, 3.8) is 0 Å². The number of aromatic nitrogens is 1. The number of halogens is 4. The lowest BCUT2D eigenvalue weighted by Crippen LogP contribution is -2.11. The lowest BCUT2D eigenvalue weighted by molar-refractivity contribution is -0.137. The van der Waals surface area contributed by atoms with Crippen molar-refractivity contribution in [2.45, 2.75) is 6.18 Å². The molecule has 0 atom stereocenters. The summed E-state index contributed by atoms with van der Waals surface area (Å²) >= 11 is -0.699. The predicted molar refractivity (Wildman–Crippen MR) is 81.1 cm³/mol. The first-order valence-electron chi connectivity index (χ1n) is 5.72. The molecular weight excluding hydrogens is 380 g/mol. The number of aliphatic imine (C=N–C) groups is 1.